The molecule has 0 aromatic heterocycles. The molecule has 0 spiro atoms. The van der Waals surface area contributed by atoms with Crippen LogP contribution in [0.2, 0.25) is 0 Å². The molecule has 3 heteroatoms. The minimum atomic E-state index is 0.428. The van der Waals surface area contributed by atoms with Crippen LogP contribution in [-0.4, -0.2) is 55.1 Å². The van der Waals surface area contributed by atoms with E-state index in [0.717, 1.165) is 19.6 Å². The zero-order valence-electron chi connectivity index (χ0n) is 9.00. The van der Waals surface area contributed by atoms with Crippen molar-refractivity contribution in [1.82, 2.24) is 9.80 Å². The van der Waals surface area contributed by atoms with Gasteiger partial charge in [0.15, 0.2) is 0 Å². The molecule has 0 aliphatic carbocycles. The van der Waals surface area contributed by atoms with Crippen LogP contribution in [0, 0.1) is 0 Å². The molecule has 0 aromatic carbocycles. The summed E-state index contributed by atoms with van der Waals surface area (Å²) in [6, 6.07) is 0.428. The van der Waals surface area contributed by atoms with Gasteiger partial charge in [-0.3, -0.25) is 0 Å². The number of nitrogens with two attached hydrogens (primary N) is 1. The lowest BCUT2D eigenvalue weighted by molar-refractivity contribution is 0.239. The van der Waals surface area contributed by atoms with Crippen LogP contribution in [0.4, 0.5) is 0 Å². The first-order valence-corrected chi connectivity index (χ1v) is 5.46. The second-order valence-corrected chi connectivity index (χ2v) is 3.88. The molecule has 1 fully saturated rings. The van der Waals surface area contributed by atoms with Gasteiger partial charge in [0.25, 0.3) is 0 Å². The van der Waals surface area contributed by atoms with Crippen LogP contribution in [-0.2, 0) is 0 Å². The van der Waals surface area contributed by atoms with Crippen molar-refractivity contribution in [3.8, 4) is 0 Å². The Labute approximate surface area is 81.9 Å². The Kier molecular flexibility index (Phi) is 4.70. The molecule has 0 radical (unpaired) electrons. The van der Waals surface area contributed by atoms with Gasteiger partial charge in [-0.05, 0) is 26.1 Å². The van der Waals surface area contributed by atoms with E-state index in [2.05, 4.69) is 23.6 Å². The number of hydrogen-bond donors (Lipinski definition) is 1. The molecule has 13 heavy (non-hydrogen) atoms. The third kappa shape index (κ3) is 3.63. The van der Waals surface area contributed by atoms with Gasteiger partial charge in [-0.2, -0.15) is 0 Å². The highest BCUT2D eigenvalue weighted by atomic mass is 15.2. The minimum Gasteiger partial charge on any atom is -0.326 e. The van der Waals surface area contributed by atoms with Crippen LogP contribution in [0.15, 0.2) is 0 Å². The third-order valence-electron chi connectivity index (χ3n) is 2.94. The summed E-state index contributed by atoms with van der Waals surface area (Å²) in [4.78, 5) is 4.94. The topological polar surface area (TPSA) is 32.5 Å². The molecule has 1 aliphatic rings. The molecule has 0 unspecified atom stereocenters. The summed E-state index contributed by atoms with van der Waals surface area (Å²) >= 11 is 0. The average Bonchev–Trinajstić information content (AvgIpc) is 2.53. The first-order chi connectivity index (χ1) is 6.26. The summed E-state index contributed by atoms with van der Waals surface area (Å²) in [7, 11) is 0. The van der Waals surface area contributed by atoms with Crippen LogP contribution >= 0.6 is 0 Å². The maximum atomic E-state index is 5.84. The summed E-state index contributed by atoms with van der Waals surface area (Å²) < 4.78 is 0. The van der Waals surface area contributed by atoms with Gasteiger partial charge in [-0.1, -0.05) is 13.8 Å². The zero-order valence-corrected chi connectivity index (χ0v) is 9.00. The Morgan fingerprint density at radius 3 is 2.54 bits per heavy atom. The fourth-order valence-electron chi connectivity index (χ4n) is 1.89. The molecular formula is C10H23N3. The lowest BCUT2D eigenvalue weighted by Crippen LogP contribution is -2.35. The average molecular weight is 185 g/mol. The molecule has 0 amide bonds. The van der Waals surface area contributed by atoms with E-state index in [-0.39, 0.29) is 0 Å². The third-order valence-corrected chi connectivity index (χ3v) is 2.94. The predicted octanol–water partition coefficient (Wildman–Crippen LogP) is 0.361. The molecule has 1 saturated heterocycles. The van der Waals surface area contributed by atoms with Gasteiger partial charge in [0, 0.05) is 25.7 Å². The molecule has 78 valence electrons. The molecule has 2 N–H and O–H groups in total. The normalized spacial score (nSPS) is 24.5. The Hall–Kier alpha value is -0.120. The van der Waals surface area contributed by atoms with Crippen LogP contribution in [0.3, 0.4) is 0 Å². The summed E-state index contributed by atoms with van der Waals surface area (Å²) in [5, 5.41) is 0. The zero-order chi connectivity index (χ0) is 9.68. The maximum Gasteiger partial charge on any atom is 0.0180 e. The maximum absolute atomic E-state index is 5.84. The van der Waals surface area contributed by atoms with Crippen molar-refractivity contribution in [2.24, 2.45) is 5.73 Å². The highest BCUT2D eigenvalue weighted by molar-refractivity contribution is 4.78. The van der Waals surface area contributed by atoms with Gasteiger partial charge in [0.2, 0.25) is 0 Å². The molecule has 0 saturated carbocycles. The van der Waals surface area contributed by atoms with E-state index in [1.54, 1.807) is 0 Å². The first-order valence-electron chi connectivity index (χ1n) is 5.46. The van der Waals surface area contributed by atoms with Gasteiger partial charge < -0.3 is 15.5 Å². The fourth-order valence-corrected chi connectivity index (χ4v) is 1.89. The minimum absolute atomic E-state index is 0.428. The number of rotatable bonds is 5. The molecular weight excluding hydrogens is 162 g/mol. The monoisotopic (exact) mass is 185 g/mol. The van der Waals surface area contributed by atoms with E-state index < -0.39 is 0 Å². The first kappa shape index (κ1) is 11.0. The number of hydrogen-bond acceptors (Lipinski definition) is 3. The van der Waals surface area contributed by atoms with E-state index in [1.165, 1.54) is 26.1 Å². The van der Waals surface area contributed by atoms with Crippen LogP contribution in [0.1, 0.15) is 20.3 Å². The quantitative estimate of drug-likeness (QED) is 0.671. The Morgan fingerprint density at radius 1 is 1.38 bits per heavy atom. The van der Waals surface area contributed by atoms with Crippen molar-refractivity contribution in [2.75, 3.05) is 39.3 Å². The summed E-state index contributed by atoms with van der Waals surface area (Å²) in [6.07, 6.45) is 1.18. The predicted molar refractivity (Wildman–Crippen MR) is 56.8 cm³/mol. The Bertz CT molecular complexity index is 134. The highest BCUT2D eigenvalue weighted by Crippen LogP contribution is 2.06. The molecule has 1 rings (SSSR count). The largest absolute Gasteiger partial charge is 0.326 e. The lowest BCUT2D eigenvalue weighted by Gasteiger charge is -2.22. The van der Waals surface area contributed by atoms with E-state index in [4.69, 9.17) is 5.73 Å². The molecule has 0 bridgehead atoms. The molecule has 0 aromatic rings. The second kappa shape index (κ2) is 5.58. The van der Waals surface area contributed by atoms with Crippen molar-refractivity contribution in [3.05, 3.63) is 0 Å². The summed E-state index contributed by atoms with van der Waals surface area (Å²) in [5.41, 5.74) is 5.84. The van der Waals surface area contributed by atoms with E-state index in [0.29, 0.717) is 6.04 Å². The highest BCUT2D eigenvalue weighted by Gasteiger charge is 2.18. The van der Waals surface area contributed by atoms with Crippen molar-refractivity contribution >= 4 is 0 Å². The lowest BCUT2D eigenvalue weighted by atomic mass is 10.3. The van der Waals surface area contributed by atoms with Gasteiger partial charge in [-0.25, -0.2) is 0 Å². The Balaban J connectivity index is 2.11. The van der Waals surface area contributed by atoms with E-state index in [9.17, 15) is 0 Å². The van der Waals surface area contributed by atoms with Gasteiger partial charge in [0.05, 0.1) is 0 Å². The summed E-state index contributed by atoms with van der Waals surface area (Å²) in [6.45, 7) is 11.4. The smallest absolute Gasteiger partial charge is 0.0180 e. The van der Waals surface area contributed by atoms with Gasteiger partial charge in [-0.15, -0.1) is 0 Å². The molecule has 3 nitrogen and oxygen atoms in total. The molecule has 1 aliphatic heterocycles. The second-order valence-electron chi connectivity index (χ2n) is 3.88. The molecule has 1 heterocycles. The van der Waals surface area contributed by atoms with Crippen molar-refractivity contribution in [1.29, 1.82) is 0 Å². The number of likely N-dealkylation sites (N-methyl/N-ethyl adjacent to an activating group) is 1. The van der Waals surface area contributed by atoms with Crippen LogP contribution in [0.25, 0.3) is 0 Å². The number of likely N-dealkylation sites (tertiary alicyclic amines) is 1. The number of nitrogens with zero attached hydrogens (tertiary/aromatic N) is 2. The van der Waals surface area contributed by atoms with Crippen molar-refractivity contribution in [3.63, 3.8) is 0 Å². The fraction of sp³-hybridized carbons (Fsp3) is 1.00. The SMILES string of the molecule is CCN(CC)CCN1CC[C@@H](N)C1. The van der Waals surface area contributed by atoms with Crippen LogP contribution < -0.4 is 5.73 Å². The van der Waals surface area contributed by atoms with Gasteiger partial charge in [0.1, 0.15) is 0 Å². The van der Waals surface area contributed by atoms with E-state index >= 15 is 0 Å². The van der Waals surface area contributed by atoms with Crippen LogP contribution in [0.5, 0.6) is 0 Å². The molecule has 1 atom stereocenters. The van der Waals surface area contributed by atoms with Crippen molar-refractivity contribution < 1.29 is 0 Å². The summed E-state index contributed by atoms with van der Waals surface area (Å²) in [5.74, 6) is 0. The van der Waals surface area contributed by atoms with Gasteiger partial charge >= 0.3 is 0 Å². The van der Waals surface area contributed by atoms with Crippen molar-refractivity contribution in [2.45, 2.75) is 26.3 Å². The Morgan fingerprint density at radius 2 is 2.08 bits per heavy atom. The standard InChI is InChI=1S/C10H23N3/c1-3-12(4-2)7-8-13-6-5-10(11)9-13/h10H,3-9,11H2,1-2H3/t10-/m1/s1. The van der Waals surface area contributed by atoms with E-state index in [1.807, 2.05) is 0 Å².